The van der Waals surface area contributed by atoms with Crippen molar-refractivity contribution in [3.05, 3.63) is 90.0 Å². The third-order valence-electron chi connectivity index (χ3n) is 4.25. The Morgan fingerprint density at radius 2 is 1.59 bits per heavy atom. The van der Waals surface area contributed by atoms with E-state index in [4.69, 9.17) is 4.74 Å². The van der Waals surface area contributed by atoms with E-state index in [0.29, 0.717) is 11.5 Å². The number of esters is 1. The maximum Gasteiger partial charge on any atom is 0.337 e. The van der Waals surface area contributed by atoms with Crippen molar-refractivity contribution in [2.24, 2.45) is 0 Å². The van der Waals surface area contributed by atoms with E-state index in [0.717, 1.165) is 5.56 Å². The molecule has 0 spiro atoms. The van der Waals surface area contributed by atoms with Gasteiger partial charge in [-0.05, 0) is 48.0 Å². The summed E-state index contributed by atoms with van der Waals surface area (Å²) in [7, 11) is -1.05. The second-order valence-corrected chi connectivity index (χ2v) is 8.39. The number of sulfonamides is 1. The van der Waals surface area contributed by atoms with Gasteiger partial charge < -0.3 is 9.47 Å². The van der Waals surface area contributed by atoms with Gasteiger partial charge in [0.15, 0.2) is 0 Å². The molecule has 0 saturated carbocycles. The first-order valence-corrected chi connectivity index (χ1v) is 10.3. The third kappa shape index (κ3) is 5.01. The van der Waals surface area contributed by atoms with Gasteiger partial charge in [0.05, 0.1) is 17.6 Å². The number of nitrogens with zero attached hydrogens (tertiary/aromatic N) is 1. The maximum atomic E-state index is 12.9. The molecular weight excluding hydrogens is 390 g/mol. The monoisotopic (exact) mass is 411 g/mol. The Bertz CT molecular complexity index is 1100. The molecule has 3 aromatic carbocycles. The number of ether oxygens (including phenoxy) is 2. The van der Waals surface area contributed by atoms with Crippen LogP contribution in [0.5, 0.6) is 11.5 Å². The average molecular weight is 411 g/mol. The molecule has 0 aromatic heterocycles. The first-order chi connectivity index (χ1) is 13.9. The summed E-state index contributed by atoms with van der Waals surface area (Å²) >= 11 is 0. The molecule has 3 aromatic rings. The van der Waals surface area contributed by atoms with Crippen LogP contribution in [0.15, 0.2) is 83.8 Å². The molecule has 0 fully saturated rings. The van der Waals surface area contributed by atoms with Crippen molar-refractivity contribution in [1.29, 1.82) is 0 Å². The fourth-order valence-corrected chi connectivity index (χ4v) is 3.96. The fraction of sp³-hybridized carbons (Fsp3) is 0.136. The highest BCUT2D eigenvalue weighted by Gasteiger charge is 2.22. The second kappa shape index (κ2) is 8.89. The van der Waals surface area contributed by atoms with Gasteiger partial charge in [0.2, 0.25) is 10.0 Å². The van der Waals surface area contributed by atoms with Crippen LogP contribution in [0.1, 0.15) is 15.9 Å². The summed E-state index contributed by atoms with van der Waals surface area (Å²) in [4.78, 5) is 11.7. The summed E-state index contributed by atoms with van der Waals surface area (Å²) in [5, 5.41) is 0. The minimum absolute atomic E-state index is 0.0274. The molecule has 3 rings (SSSR count). The van der Waals surface area contributed by atoms with E-state index in [9.17, 15) is 13.2 Å². The molecule has 0 heterocycles. The summed E-state index contributed by atoms with van der Waals surface area (Å²) < 4.78 is 37.5. The van der Waals surface area contributed by atoms with Crippen molar-refractivity contribution in [2.75, 3.05) is 14.2 Å². The molecule has 0 aliphatic carbocycles. The van der Waals surface area contributed by atoms with Crippen LogP contribution in [0.2, 0.25) is 0 Å². The van der Waals surface area contributed by atoms with Crippen LogP contribution >= 0.6 is 0 Å². The number of para-hydroxylation sites is 1. The predicted octanol–water partition coefficient (Wildman–Crippen LogP) is 4.09. The van der Waals surface area contributed by atoms with Crippen LogP contribution in [0, 0.1) is 0 Å². The van der Waals surface area contributed by atoms with E-state index in [2.05, 4.69) is 4.74 Å². The quantitative estimate of drug-likeness (QED) is 0.548. The Labute approximate surface area is 170 Å². The number of carbonyl (C=O) groups excluding carboxylic acids is 1. The highest BCUT2D eigenvalue weighted by atomic mass is 32.2. The van der Waals surface area contributed by atoms with E-state index >= 15 is 0 Å². The van der Waals surface area contributed by atoms with Crippen LogP contribution in [0.4, 0.5) is 0 Å². The molecule has 0 amide bonds. The first-order valence-electron chi connectivity index (χ1n) is 8.87. The maximum absolute atomic E-state index is 12.9. The second-order valence-electron chi connectivity index (χ2n) is 6.34. The lowest BCUT2D eigenvalue weighted by Gasteiger charge is -2.18. The van der Waals surface area contributed by atoms with Gasteiger partial charge in [-0.3, -0.25) is 0 Å². The molecule has 7 heteroatoms. The molecule has 150 valence electrons. The van der Waals surface area contributed by atoms with Crippen molar-refractivity contribution in [3.63, 3.8) is 0 Å². The number of carbonyl (C=O) groups is 1. The molecule has 6 nitrogen and oxygen atoms in total. The summed E-state index contributed by atoms with van der Waals surface area (Å²) in [5.74, 6) is 0.730. The fourth-order valence-electron chi connectivity index (χ4n) is 2.76. The summed E-state index contributed by atoms with van der Waals surface area (Å²) in [6, 6.07) is 22.4. The number of hydrogen-bond acceptors (Lipinski definition) is 5. The summed E-state index contributed by atoms with van der Waals surface area (Å²) in [5.41, 5.74) is 0.953. The molecular formula is C22H21NO5S. The van der Waals surface area contributed by atoms with Crippen molar-refractivity contribution in [2.45, 2.75) is 11.4 Å². The molecule has 0 radical (unpaired) electrons. The van der Waals surface area contributed by atoms with E-state index in [1.165, 1.54) is 42.7 Å². The van der Waals surface area contributed by atoms with Crippen LogP contribution in [0.25, 0.3) is 0 Å². The van der Waals surface area contributed by atoms with Crippen LogP contribution in [-0.4, -0.2) is 32.8 Å². The topological polar surface area (TPSA) is 72.9 Å². The summed E-state index contributed by atoms with van der Waals surface area (Å²) in [6.07, 6.45) is 0. The minimum Gasteiger partial charge on any atom is -0.465 e. The normalized spacial score (nSPS) is 11.3. The number of benzene rings is 3. The average Bonchev–Trinajstić information content (AvgIpc) is 2.74. The van der Waals surface area contributed by atoms with Gasteiger partial charge in [0.25, 0.3) is 0 Å². The molecule has 0 aliphatic heterocycles. The summed E-state index contributed by atoms with van der Waals surface area (Å²) in [6.45, 7) is 0.150. The van der Waals surface area contributed by atoms with Crippen LogP contribution < -0.4 is 4.74 Å². The lowest BCUT2D eigenvalue weighted by molar-refractivity contribution is 0.0600. The largest absolute Gasteiger partial charge is 0.465 e. The Morgan fingerprint density at radius 3 is 2.31 bits per heavy atom. The van der Waals surface area contributed by atoms with Gasteiger partial charge in [0.1, 0.15) is 11.5 Å². The SMILES string of the molecule is COC(=O)c1cccc(S(=O)(=O)N(C)Cc2cccc(Oc3ccccc3)c2)c1. The molecule has 0 saturated heterocycles. The van der Waals surface area contributed by atoms with Gasteiger partial charge in [0, 0.05) is 13.6 Å². The van der Waals surface area contributed by atoms with Gasteiger partial charge in [-0.15, -0.1) is 0 Å². The van der Waals surface area contributed by atoms with Crippen molar-refractivity contribution in [1.82, 2.24) is 4.31 Å². The Morgan fingerprint density at radius 1 is 0.897 bits per heavy atom. The molecule has 0 aliphatic rings. The zero-order valence-corrected chi connectivity index (χ0v) is 16.9. The van der Waals surface area contributed by atoms with E-state index in [1.54, 1.807) is 6.07 Å². The van der Waals surface area contributed by atoms with Crippen LogP contribution in [-0.2, 0) is 21.3 Å². The van der Waals surface area contributed by atoms with E-state index < -0.39 is 16.0 Å². The van der Waals surface area contributed by atoms with Crippen LogP contribution in [0.3, 0.4) is 0 Å². The van der Waals surface area contributed by atoms with Gasteiger partial charge in [-0.1, -0.05) is 36.4 Å². The standard InChI is InChI=1S/C22H21NO5S/c1-23(29(25,26)21-13-7-9-18(15-21)22(24)27-2)16-17-8-6-12-20(14-17)28-19-10-4-3-5-11-19/h3-15H,16H2,1-2H3. The highest BCUT2D eigenvalue weighted by Crippen LogP contribution is 2.24. The third-order valence-corrected chi connectivity index (χ3v) is 6.05. The molecule has 0 N–H and O–H groups in total. The highest BCUT2D eigenvalue weighted by molar-refractivity contribution is 7.89. The minimum atomic E-state index is -3.79. The Balaban J connectivity index is 1.78. The predicted molar refractivity (Wildman–Crippen MR) is 109 cm³/mol. The number of hydrogen-bond donors (Lipinski definition) is 0. The van der Waals surface area contributed by atoms with E-state index in [-0.39, 0.29) is 17.0 Å². The van der Waals surface area contributed by atoms with Gasteiger partial charge in [-0.2, -0.15) is 4.31 Å². The zero-order chi connectivity index (χ0) is 20.9. The first kappa shape index (κ1) is 20.6. The van der Waals surface area contributed by atoms with Crippen molar-refractivity contribution >= 4 is 16.0 Å². The number of methoxy groups -OCH3 is 1. The smallest absolute Gasteiger partial charge is 0.337 e. The van der Waals surface area contributed by atoms with Gasteiger partial charge in [-0.25, -0.2) is 13.2 Å². The Kier molecular flexibility index (Phi) is 6.31. The van der Waals surface area contributed by atoms with Gasteiger partial charge >= 0.3 is 5.97 Å². The molecule has 0 atom stereocenters. The molecule has 29 heavy (non-hydrogen) atoms. The molecule has 0 bridgehead atoms. The zero-order valence-electron chi connectivity index (χ0n) is 16.1. The van der Waals surface area contributed by atoms with Crippen molar-refractivity contribution in [3.8, 4) is 11.5 Å². The number of rotatable bonds is 7. The molecule has 0 unspecified atom stereocenters. The lowest BCUT2D eigenvalue weighted by Crippen LogP contribution is -2.26. The Hall–Kier alpha value is -3.16. The lowest BCUT2D eigenvalue weighted by atomic mass is 10.2. The van der Waals surface area contributed by atoms with Crippen molar-refractivity contribution < 1.29 is 22.7 Å². The van der Waals surface area contributed by atoms with E-state index in [1.807, 2.05) is 48.5 Å².